The summed E-state index contributed by atoms with van der Waals surface area (Å²) < 4.78 is 0. The summed E-state index contributed by atoms with van der Waals surface area (Å²) in [4.78, 5) is 32.4. The molecule has 2 aromatic carbocycles. The van der Waals surface area contributed by atoms with Crippen LogP contribution in [0.5, 0.6) is 0 Å². The van der Waals surface area contributed by atoms with E-state index in [-0.39, 0.29) is 18.2 Å². The number of hydrogen-bond donors (Lipinski definition) is 1. The molecule has 1 saturated heterocycles. The minimum absolute atomic E-state index is 0.00895. The molecular weight excluding hydrogens is 374 g/mol. The lowest BCUT2D eigenvalue weighted by Gasteiger charge is -2.27. The van der Waals surface area contributed by atoms with Crippen LogP contribution < -0.4 is 5.32 Å². The van der Waals surface area contributed by atoms with Crippen molar-refractivity contribution < 1.29 is 9.59 Å². The fourth-order valence-electron chi connectivity index (χ4n) is 4.23. The predicted octanol–water partition coefficient (Wildman–Crippen LogP) is 4.66. The highest BCUT2D eigenvalue weighted by atomic mass is 16.2. The maximum absolute atomic E-state index is 13.0. The van der Waals surface area contributed by atoms with Gasteiger partial charge < -0.3 is 10.2 Å². The number of nitrogens with zero attached hydrogens (tertiary/aromatic N) is 2. The Balaban J connectivity index is 1.55. The Morgan fingerprint density at radius 1 is 0.967 bits per heavy atom. The van der Waals surface area contributed by atoms with E-state index in [1.807, 2.05) is 55.1 Å². The van der Waals surface area contributed by atoms with E-state index in [1.54, 1.807) is 12.1 Å². The first-order valence-electron chi connectivity index (χ1n) is 10.6. The summed E-state index contributed by atoms with van der Waals surface area (Å²) in [7, 11) is 0. The van der Waals surface area contributed by atoms with Crippen LogP contribution in [0.25, 0.3) is 10.9 Å². The Hall–Kier alpha value is -3.21. The number of nitrogens with one attached hydrogen (secondary N) is 1. The van der Waals surface area contributed by atoms with E-state index in [9.17, 15) is 9.59 Å². The smallest absolute Gasteiger partial charge is 0.255 e. The summed E-state index contributed by atoms with van der Waals surface area (Å²) >= 11 is 0. The molecule has 2 heterocycles. The number of aromatic nitrogens is 1. The molecule has 154 valence electrons. The van der Waals surface area contributed by atoms with Crippen LogP contribution in [0.2, 0.25) is 0 Å². The van der Waals surface area contributed by atoms with Gasteiger partial charge in [0.1, 0.15) is 0 Å². The molecule has 1 aliphatic heterocycles. The zero-order chi connectivity index (χ0) is 21.1. The maximum Gasteiger partial charge on any atom is 0.255 e. The molecule has 2 amide bonds. The topological polar surface area (TPSA) is 62.3 Å². The molecule has 0 unspecified atom stereocenters. The number of aryl methyl sites for hydroxylation is 2. The van der Waals surface area contributed by atoms with Crippen molar-refractivity contribution in [3.63, 3.8) is 0 Å². The summed E-state index contributed by atoms with van der Waals surface area (Å²) in [5.41, 5.74) is 4.94. The summed E-state index contributed by atoms with van der Waals surface area (Å²) in [6, 6.07) is 15.3. The van der Waals surface area contributed by atoms with E-state index in [0.717, 1.165) is 53.7 Å². The maximum atomic E-state index is 13.0. The number of hydrogen-bond acceptors (Lipinski definition) is 3. The first kappa shape index (κ1) is 20.1. The van der Waals surface area contributed by atoms with Gasteiger partial charge in [-0.1, -0.05) is 30.3 Å². The second-order valence-electron chi connectivity index (χ2n) is 7.94. The fourth-order valence-corrected chi connectivity index (χ4v) is 4.23. The third-order valence-electron chi connectivity index (χ3n) is 5.90. The molecule has 1 aliphatic rings. The van der Waals surface area contributed by atoms with Gasteiger partial charge >= 0.3 is 0 Å². The number of likely N-dealkylation sites (tertiary alicyclic amines) is 1. The highest BCUT2D eigenvalue weighted by Crippen LogP contribution is 2.24. The Kier molecular flexibility index (Phi) is 5.79. The van der Waals surface area contributed by atoms with Crippen LogP contribution >= 0.6 is 0 Å². The second-order valence-corrected chi connectivity index (χ2v) is 7.94. The van der Waals surface area contributed by atoms with Crippen molar-refractivity contribution in [1.82, 2.24) is 9.88 Å². The van der Waals surface area contributed by atoms with Crippen molar-refractivity contribution in [3.05, 3.63) is 70.9 Å². The Morgan fingerprint density at radius 3 is 2.47 bits per heavy atom. The highest BCUT2D eigenvalue weighted by Gasteiger charge is 2.21. The summed E-state index contributed by atoms with van der Waals surface area (Å²) in [6.45, 7) is 5.54. The number of benzene rings is 2. The van der Waals surface area contributed by atoms with E-state index in [0.29, 0.717) is 11.3 Å². The van der Waals surface area contributed by atoms with Gasteiger partial charge in [0, 0.05) is 24.2 Å². The molecule has 1 fully saturated rings. The molecular formula is C25H27N3O2. The number of carbonyl (C=O) groups excluding carboxylic acids is 2. The largest absolute Gasteiger partial charge is 0.339 e. The van der Waals surface area contributed by atoms with Crippen molar-refractivity contribution in [3.8, 4) is 0 Å². The number of carbonyl (C=O) groups is 2. The normalized spacial score (nSPS) is 14.0. The third-order valence-corrected chi connectivity index (χ3v) is 5.90. The molecule has 0 spiro atoms. The van der Waals surface area contributed by atoms with Gasteiger partial charge in [-0.15, -0.1) is 0 Å². The van der Waals surface area contributed by atoms with Crippen molar-refractivity contribution in [1.29, 1.82) is 0 Å². The number of pyridine rings is 1. The molecule has 5 nitrogen and oxygen atoms in total. The number of anilines is 1. The summed E-state index contributed by atoms with van der Waals surface area (Å²) in [5.74, 6) is -0.150. The SMILES string of the molecule is Cc1nc2ccccc2c(C)c1CC(=O)Nc1ccccc1C(=O)N1CCCCC1. The molecule has 3 aromatic rings. The molecule has 1 aromatic heterocycles. The zero-order valence-corrected chi connectivity index (χ0v) is 17.6. The zero-order valence-electron chi connectivity index (χ0n) is 17.6. The van der Waals surface area contributed by atoms with Crippen molar-refractivity contribution in [2.24, 2.45) is 0 Å². The Labute approximate surface area is 177 Å². The van der Waals surface area contributed by atoms with E-state index in [1.165, 1.54) is 6.42 Å². The van der Waals surface area contributed by atoms with Crippen molar-refractivity contribution in [2.45, 2.75) is 39.5 Å². The first-order valence-corrected chi connectivity index (χ1v) is 10.6. The van der Waals surface area contributed by atoms with Gasteiger partial charge in [0.25, 0.3) is 5.91 Å². The van der Waals surface area contributed by atoms with E-state index in [4.69, 9.17) is 0 Å². The third kappa shape index (κ3) is 4.06. The number of fused-ring (bicyclic) bond motifs is 1. The van der Waals surface area contributed by atoms with Crippen LogP contribution in [0.1, 0.15) is 46.4 Å². The standard InChI is InChI=1S/C25H27N3O2/c1-17-19-10-4-6-12-22(19)26-18(2)21(17)16-24(29)27-23-13-7-5-11-20(23)25(30)28-14-8-3-9-15-28/h4-7,10-13H,3,8-9,14-16H2,1-2H3,(H,27,29). The lowest BCUT2D eigenvalue weighted by molar-refractivity contribution is -0.115. The van der Waals surface area contributed by atoms with Crippen molar-refractivity contribution in [2.75, 3.05) is 18.4 Å². The van der Waals surface area contributed by atoms with Gasteiger partial charge in [-0.25, -0.2) is 0 Å². The van der Waals surface area contributed by atoms with Crippen LogP contribution in [-0.2, 0) is 11.2 Å². The number of rotatable bonds is 4. The Morgan fingerprint density at radius 2 is 1.67 bits per heavy atom. The molecule has 1 N–H and O–H groups in total. The molecule has 0 saturated carbocycles. The molecule has 30 heavy (non-hydrogen) atoms. The van der Waals surface area contributed by atoms with Crippen molar-refractivity contribution >= 4 is 28.4 Å². The van der Waals surface area contributed by atoms with Gasteiger partial charge in [0.15, 0.2) is 0 Å². The minimum Gasteiger partial charge on any atom is -0.339 e. The van der Waals surface area contributed by atoms with Gasteiger partial charge in [0.2, 0.25) is 5.91 Å². The minimum atomic E-state index is -0.142. The first-order chi connectivity index (χ1) is 14.5. The predicted molar refractivity (Wildman–Crippen MR) is 120 cm³/mol. The number of amides is 2. The highest BCUT2D eigenvalue weighted by molar-refractivity contribution is 6.04. The van der Waals surface area contributed by atoms with Crippen LogP contribution in [0.15, 0.2) is 48.5 Å². The average molecular weight is 402 g/mol. The van der Waals surface area contributed by atoms with Crippen LogP contribution in [0, 0.1) is 13.8 Å². The number of para-hydroxylation sites is 2. The second kappa shape index (κ2) is 8.66. The lowest BCUT2D eigenvalue weighted by Crippen LogP contribution is -2.36. The summed E-state index contributed by atoms with van der Waals surface area (Å²) in [6.07, 6.45) is 3.46. The van der Waals surface area contributed by atoms with Gasteiger partial charge in [0.05, 0.1) is 23.2 Å². The van der Waals surface area contributed by atoms with Gasteiger partial charge in [-0.2, -0.15) is 0 Å². The van der Waals surface area contributed by atoms with Crippen LogP contribution in [-0.4, -0.2) is 34.8 Å². The van der Waals surface area contributed by atoms with Crippen LogP contribution in [0.3, 0.4) is 0 Å². The lowest BCUT2D eigenvalue weighted by atomic mass is 9.99. The molecule has 4 rings (SSSR count). The van der Waals surface area contributed by atoms with E-state index < -0.39 is 0 Å². The average Bonchev–Trinajstić information content (AvgIpc) is 2.77. The fraction of sp³-hybridized carbons (Fsp3) is 0.320. The molecule has 5 heteroatoms. The summed E-state index contributed by atoms with van der Waals surface area (Å²) in [5, 5.41) is 4.03. The van der Waals surface area contributed by atoms with Gasteiger partial charge in [-0.3, -0.25) is 14.6 Å². The quantitative estimate of drug-likeness (QED) is 0.692. The molecule has 0 atom stereocenters. The Bertz CT molecular complexity index is 1100. The molecule has 0 aliphatic carbocycles. The van der Waals surface area contributed by atoms with E-state index >= 15 is 0 Å². The molecule has 0 radical (unpaired) electrons. The van der Waals surface area contributed by atoms with Gasteiger partial charge in [-0.05, 0) is 62.4 Å². The molecule has 0 bridgehead atoms. The van der Waals surface area contributed by atoms with Crippen LogP contribution in [0.4, 0.5) is 5.69 Å². The number of piperidine rings is 1. The van der Waals surface area contributed by atoms with E-state index in [2.05, 4.69) is 10.3 Å². The monoisotopic (exact) mass is 401 g/mol.